The van der Waals surface area contributed by atoms with Gasteiger partial charge in [0.15, 0.2) is 0 Å². The molecule has 1 aromatic heterocycles. The third kappa shape index (κ3) is 3.52. The van der Waals surface area contributed by atoms with Crippen LogP contribution in [-0.4, -0.2) is 37.9 Å². The molecule has 5 nitrogen and oxygen atoms in total. The van der Waals surface area contributed by atoms with Crippen LogP contribution in [0.5, 0.6) is 0 Å². The smallest absolute Gasteiger partial charge is 0.147 e. The van der Waals surface area contributed by atoms with E-state index in [0.29, 0.717) is 6.04 Å². The number of aliphatic hydroxyl groups excluding tert-OH is 1. The predicted molar refractivity (Wildman–Crippen MR) is 94.7 cm³/mol. The van der Waals surface area contributed by atoms with Crippen molar-refractivity contribution in [3.63, 3.8) is 0 Å². The van der Waals surface area contributed by atoms with E-state index in [1.165, 1.54) is 11.1 Å². The van der Waals surface area contributed by atoms with E-state index in [9.17, 15) is 5.11 Å². The summed E-state index contributed by atoms with van der Waals surface area (Å²) < 4.78 is 2.23. The summed E-state index contributed by atoms with van der Waals surface area (Å²) in [4.78, 5) is 2.47. The van der Waals surface area contributed by atoms with Gasteiger partial charge >= 0.3 is 0 Å². The summed E-state index contributed by atoms with van der Waals surface area (Å²) in [7, 11) is 0. The molecule has 0 amide bonds. The molecule has 0 saturated heterocycles. The highest BCUT2D eigenvalue weighted by Crippen LogP contribution is 2.36. The summed E-state index contributed by atoms with van der Waals surface area (Å²) in [6.45, 7) is 7.07. The maximum atomic E-state index is 9.30. The fraction of sp³-hybridized carbons (Fsp3) is 0.579. The molecule has 1 aromatic carbocycles. The lowest BCUT2D eigenvalue weighted by molar-refractivity contribution is 0.160. The molecule has 0 aliphatic heterocycles. The Balaban J connectivity index is 1.83. The number of fused-ring (bicyclic) bond motifs is 1. The minimum Gasteiger partial charge on any atom is -0.396 e. The Hall–Kier alpha value is -1.72. The van der Waals surface area contributed by atoms with Gasteiger partial charge in [-0.25, -0.2) is 0 Å². The van der Waals surface area contributed by atoms with Crippen LogP contribution in [-0.2, 0) is 19.5 Å². The van der Waals surface area contributed by atoms with Gasteiger partial charge in [0, 0.05) is 25.7 Å². The van der Waals surface area contributed by atoms with Crippen LogP contribution in [0.4, 0.5) is 0 Å². The number of nitrogens with zero attached hydrogens (tertiary/aromatic N) is 4. The Morgan fingerprint density at radius 1 is 1.29 bits per heavy atom. The van der Waals surface area contributed by atoms with Crippen molar-refractivity contribution in [3.8, 4) is 0 Å². The van der Waals surface area contributed by atoms with Crippen LogP contribution in [0.1, 0.15) is 55.0 Å². The van der Waals surface area contributed by atoms with Crippen LogP contribution in [0.15, 0.2) is 24.3 Å². The second-order valence-corrected chi connectivity index (χ2v) is 6.62. The first-order valence-electron chi connectivity index (χ1n) is 9.06. The van der Waals surface area contributed by atoms with E-state index in [4.69, 9.17) is 0 Å². The molecule has 1 heterocycles. The molecule has 1 atom stereocenters. The number of hydrogen-bond acceptors (Lipinski definition) is 4. The lowest BCUT2D eigenvalue weighted by Gasteiger charge is -2.29. The van der Waals surface area contributed by atoms with Gasteiger partial charge < -0.3 is 9.67 Å². The van der Waals surface area contributed by atoms with Gasteiger partial charge in [-0.15, -0.1) is 10.2 Å². The van der Waals surface area contributed by atoms with E-state index in [1.807, 2.05) is 6.92 Å². The molecule has 24 heavy (non-hydrogen) atoms. The maximum Gasteiger partial charge on any atom is 0.147 e. The summed E-state index contributed by atoms with van der Waals surface area (Å²) in [6, 6.07) is 9.16. The standard InChI is InChI=1S/C19H28N4O/c1-3-11-23-15(2)20-21-19(23)14-22(12-6-13-24)18-10-9-16-7-4-5-8-17(16)18/h4-5,7-8,18,24H,3,6,9-14H2,1-2H3. The van der Waals surface area contributed by atoms with E-state index >= 15 is 0 Å². The zero-order valence-electron chi connectivity index (χ0n) is 14.8. The molecule has 0 radical (unpaired) electrons. The summed E-state index contributed by atoms with van der Waals surface area (Å²) in [5.74, 6) is 2.03. The van der Waals surface area contributed by atoms with Gasteiger partial charge in [0.1, 0.15) is 11.6 Å². The summed E-state index contributed by atoms with van der Waals surface area (Å²) in [5.41, 5.74) is 2.90. The van der Waals surface area contributed by atoms with Gasteiger partial charge in [-0.1, -0.05) is 31.2 Å². The van der Waals surface area contributed by atoms with Crippen molar-refractivity contribution < 1.29 is 5.11 Å². The number of benzene rings is 1. The van der Waals surface area contributed by atoms with Crippen LogP contribution in [0.3, 0.4) is 0 Å². The molecule has 0 bridgehead atoms. The normalized spacial score (nSPS) is 16.8. The molecule has 3 rings (SSSR count). The number of aryl methyl sites for hydroxylation is 2. The van der Waals surface area contributed by atoms with Crippen LogP contribution in [0.25, 0.3) is 0 Å². The molecule has 1 aliphatic rings. The van der Waals surface area contributed by atoms with Crippen molar-refractivity contribution in [1.82, 2.24) is 19.7 Å². The number of hydrogen-bond donors (Lipinski definition) is 1. The largest absolute Gasteiger partial charge is 0.396 e. The van der Waals surface area contributed by atoms with Gasteiger partial charge in [-0.05, 0) is 43.7 Å². The van der Waals surface area contributed by atoms with Crippen molar-refractivity contribution in [3.05, 3.63) is 47.0 Å². The molecule has 2 aromatic rings. The van der Waals surface area contributed by atoms with Gasteiger partial charge in [0.2, 0.25) is 0 Å². The summed E-state index contributed by atoms with van der Waals surface area (Å²) >= 11 is 0. The van der Waals surface area contributed by atoms with Crippen LogP contribution >= 0.6 is 0 Å². The fourth-order valence-corrected chi connectivity index (χ4v) is 3.77. The first-order valence-corrected chi connectivity index (χ1v) is 9.06. The number of aliphatic hydroxyl groups is 1. The molecule has 0 fully saturated rings. The van der Waals surface area contributed by atoms with E-state index in [2.05, 4.69) is 50.9 Å². The number of aromatic nitrogens is 3. The molecule has 0 saturated carbocycles. The highest BCUT2D eigenvalue weighted by atomic mass is 16.3. The first kappa shape index (κ1) is 17.1. The van der Waals surface area contributed by atoms with Crippen molar-refractivity contribution >= 4 is 0 Å². The molecule has 130 valence electrons. The zero-order valence-corrected chi connectivity index (χ0v) is 14.8. The molecule has 5 heteroatoms. The van der Waals surface area contributed by atoms with Gasteiger partial charge in [-0.3, -0.25) is 4.90 Å². The Morgan fingerprint density at radius 3 is 2.92 bits per heavy atom. The Morgan fingerprint density at radius 2 is 2.12 bits per heavy atom. The minimum atomic E-state index is 0.228. The highest BCUT2D eigenvalue weighted by Gasteiger charge is 2.28. The third-order valence-corrected chi connectivity index (χ3v) is 4.95. The van der Waals surface area contributed by atoms with Gasteiger partial charge in [-0.2, -0.15) is 0 Å². The molecule has 1 aliphatic carbocycles. The third-order valence-electron chi connectivity index (χ3n) is 4.95. The van der Waals surface area contributed by atoms with Gasteiger partial charge in [0.25, 0.3) is 0 Å². The monoisotopic (exact) mass is 328 g/mol. The molecule has 1 N–H and O–H groups in total. The maximum absolute atomic E-state index is 9.30. The Bertz CT molecular complexity index is 667. The van der Waals surface area contributed by atoms with Crippen molar-refractivity contribution in [2.45, 2.75) is 58.7 Å². The van der Waals surface area contributed by atoms with Crippen molar-refractivity contribution in [2.24, 2.45) is 0 Å². The number of rotatable bonds is 8. The van der Waals surface area contributed by atoms with E-state index in [0.717, 1.165) is 57.0 Å². The van der Waals surface area contributed by atoms with Crippen LogP contribution in [0.2, 0.25) is 0 Å². The first-order chi connectivity index (χ1) is 11.7. The average Bonchev–Trinajstić information content (AvgIpc) is 3.17. The summed E-state index contributed by atoms with van der Waals surface area (Å²) in [5, 5.41) is 18.0. The molecular formula is C19H28N4O. The topological polar surface area (TPSA) is 54.2 Å². The summed E-state index contributed by atoms with van der Waals surface area (Å²) in [6.07, 6.45) is 4.15. The minimum absolute atomic E-state index is 0.228. The Labute approximate surface area is 144 Å². The SMILES string of the molecule is CCCn1c(C)nnc1CN(CCCO)C1CCc2ccccc21. The second-order valence-electron chi connectivity index (χ2n) is 6.62. The van der Waals surface area contributed by atoms with Crippen LogP contribution in [0, 0.1) is 6.92 Å². The molecular weight excluding hydrogens is 300 g/mol. The lowest BCUT2D eigenvalue weighted by atomic mass is 10.1. The van der Waals surface area contributed by atoms with Crippen LogP contribution < -0.4 is 0 Å². The highest BCUT2D eigenvalue weighted by molar-refractivity contribution is 5.34. The molecule has 1 unspecified atom stereocenters. The van der Waals surface area contributed by atoms with Crippen molar-refractivity contribution in [1.29, 1.82) is 0 Å². The second kappa shape index (κ2) is 7.90. The van der Waals surface area contributed by atoms with Crippen molar-refractivity contribution in [2.75, 3.05) is 13.2 Å². The fourth-order valence-electron chi connectivity index (χ4n) is 3.77. The van der Waals surface area contributed by atoms with Gasteiger partial charge in [0.05, 0.1) is 6.54 Å². The molecule has 0 spiro atoms. The van der Waals surface area contributed by atoms with E-state index < -0.39 is 0 Å². The lowest BCUT2D eigenvalue weighted by Crippen LogP contribution is -2.30. The van der Waals surface area contributed by atoms with E-state index in [-0.39, 0.29) is 6.61 Å². The predicted octanol–water partition coefficient (Wildman–Crippen LogP) is 2.87. The zero-order chi connectivity index (χ0) is 16.9. The van der Waals surface area contributed by atoms with E-state index in [1.54, 1.807) is 0 Å². The average molecular weight is 328 g/mol. The quantitative estimate of drug-likeness (QED) is 0.809. The Kier molecular flexibility index (Phi) is 5.63.